The van der Waals surface area contributed by atoms with Crippen LogP contribution < -0.4 is 11.1 Å². The van der Waals surface area contributed by atoms with E-state index in [1.165, 1.54) is 0 Å². The summed E-state index contributed by atoms with van der Waals surface area (Å²) >= 11 is 4.70. The first kappa shape index (κ1) is 11.4. The molecule has 1 saturated carbocycles. The molecule has 0 heterocycles. The molecule has 0 atom stereocenters. The summed E-state index contributed by atoms with van der Waals surface area (Å²) in [5.41, 5.74) is 5.47. The Balaban J connectivity index is 2.54. The number of thiocarbonyl (C=S) groups is 1. The second-order valence-electron chi connectivity index (χ2n) is 5.06. The minimum atomic E-state index is 0.0628. The Labute approximate surface area is 90.4 Å². The van der Waals surface area contributed by atoms with Gasteiger partial charge in [-0.15, -0.1) is 0 Å². The first-order valence-corrected chi connectivity index (χ1v) is 5.18. The molecular formula is C10H18N2OS. The van der Waals surface area contributed by atoms with Gasteiger partial charge in [-0.05, 0) is 10.8 Å². The topological polar surface area (TPSA) is 55.1 Å². The maximum atomic E-state index is 11.7. The number of carbonyl (C=O) groups is 1. The highest BCUT2D eigenvalue weighted by Crippen LogP contribution is 2.68. The summed E-state index contributed by atoms with van der Waals surface area (Å²) in [7, 11) is 0. The number of nitrogens with one attached hydrogen (secondary N) is 1. The summed E-state index contributed by atoms with van der Waals surface area (Å²) in [6, 6.07) is 0. The molecule has 3 nitrogen and oxygen atoms in total. The Morgan fingerprint density at radius 3 is 2.07 bits per heavy atom. The zero-order valence-electron chi connectivity index (χ0n) is 9.18. The van der Waals surface area contributed by atoms with E-state index in [2.05, 4.69) is 33.0 Å². The highest BCUT2D eigenvalue weighted by Gasteiger charge is 2.68. The van der Waals surface area contributed by atoms with Gasteiger partial charge in [0.25, 0.3) is 0 Å². The number of amides is 1. The van der Waals surface area contributed by atoms with Crippen molar-refractivity contribution in [3.63, 3.8) is 0 Å². The average molecular weight is 214 g/mol. The van der Waals surface area contributed by atoms with Crippen molar-refractivity contribution in [2.75, 3.05) is 6.54 Å². The van der Waals surface area contributed by atoms with Crippen LogP contribution in [0.15, 0.2) is 0 Å². The quantitative estimate of drug-likeness (QED) is 0.691. The average Bonchev–Trinajstić information content (AvgIpc) is 2.39. The van der Waals surface area contributed by atoms with Crippen molar-refractivity contribution >= 4 is 23.1 Å². The third kappa shape index (κ3) is 1.63. The van der Waals surface area contributed by atoms with Crippen molar-refractivity contribution in [3.05, 3.63) is 0 Å². The van der Waals surface area contributed by atoms with Crippen LogP contribution in [0.25, 0.3) is 0 Å². The van der Waals surface area contributed by atoms with Gasteiger partial charge >= 0.3 is 0 Å². The Hall–Kier alpha value is -0.640. The number of rotatable bonds is 3. The van der Waals surface area contributed by atoms with Crippen LogP contribution in [0.3, 0.4) is 0 Å². The SMILES string of the molecule is CC1(C)C(C(=O)NCC(N)=S)C1(C)C. The summed E-state index contributed by atoms with van der Waals surface area (Å²) in [4.78, 5) is 12.0. The molecule has 80 valence electrons. The van der Waals surface area contributed by atoms with Crippen molar-refractivity contribution in [2.45, 2.75) is 27.7 Å². The highest BCUT2D eigenvalue weighted by atomic mass is 32.1. The van der Waals surface area contributed by atoms with Gasteiger partial charge < -0.3 is 11.1 Å². The molecule has 4 heteroatoms. The van der Waals surface area contributed by atoms with Gasteiger partial charge in [0.05, 0.1) is 11.5 Å². The lowest BCUT2D eigenvalue weighted by atomic mass is 10.0. The van der Waals surface area contributed by atoms with Gasteiger partial charge in [0, 0.05) is 5.92 Å². The van der Waals surface area contributed by atoms with Crippen LogP contribution in [0.4, 0.5) is 0 Å². The van der Waals surface area contributed by atoms with Crippen molar-refractivity contribution in [1.82, 2.24) is 5.32 Å². The van der Waals surface area contributed by atoms with Gasteiger partial charge in [0.1, 0.15) is 0 Å². The molecule has 0 aromatic carbocycles. The molecule has 0 aliphatic heterocycles. The van der Waals surface area contributed by atoms with Crippen molar-refractivity contribution in [2.24, 2.45) is 22.5 Å². The second-order valence-corrected chi connectivity index (χ2v) is 5.58. The molecular weight excluding hydrogens is 196 g/mol. The van der Waals surface area contributed by atoms with E-state index in [0.29, 0.717) is 11.5 Å². The molecule has 14 heavy (non-hydrogen) atoms. The van der Waals surface area contributed by atoms with Crippen LogP contribution in [-0.2, 0) is 4.79 Å². The van der Waals surface area contributed by atoms with E-state index in [-0.39, 0.29) is 22.7 Å². The summed E-state index contributed by atoms with van der Waals surface area (Å²) in [5.74, 6) is 0.136. The van der Waals surface area contributed by atoms with E-state index in [4.69, 9.17) is 18.0 Å². The fraction of sp³-hybridized carbons (Fsp3) is 0.800. The maximum Gasteiger partial charge on any atom is 0.224 e. The van der Waals surface area contributed by atoms with Gasteiger partial charge in [-0.2, -0.15) is 0 Å². The molecule has 1 aliphatic carbocycles. The summed E-state index contributed by atoms with van der Waals surface area (Å²) < 4.78 is 0. The summed E-state index contributed by atoms with van der Waals surface area (Å²) in [6.45, 7) is 8.74. The first-order valence-electron chi connectivity index (χ1n) is 4.77. The number of hydrogen-bond acceptors (Lipinski definition) is 2. The minimum Gasteiger partial charge on any atom is -0.392 e. The predicted octanol–water partition coefficient (Wildman–Crippen LogP) is 1.07. The zero-order chi connectivity index (χ0) is 11.1. The van der Waals surface area contributed by atoms with Gasteiger partial charge in [-0.1, -0.05) is 39.9 Å². The Kier molecular flexibility index (Phi) is 2.61. The van der Waals surface area contributed by atoms with Crippen molar-refractivity contribution in [1.29, 1.82) is 0 Å². The lowest BCUT2D eigenvalue weighted by Gasteiger charge is -2.04. The second kappa shape index (κ2) is 3.19. The summed E-state index contributed by atoms with van der Waals surface area (Å²) in [6.07, 6.45) is 0. The monoisotopic (exact) mass is 214 g/mol. The van der Waals surface area contributed by atoms with Gasteiger partial charge in [0.2, 0.25) is 5.91 Å². The van der Waals surface area contributed by atoms with E-state index in [0.717, 1.165) is 0 Å². The zero-order valence-corrected chi connectivity index (χ0v) is 9.99. The van der Waals surface area contributed by atoms with Crippen LogP contribution >= 0.6 is 12.2 Å². The number of carbonyl (C=O) groups excluding carboxylic acids is 1. The lowest BCUT2D eigenvalue weighted by Crippen LogP contribution is -2.34. The molecule has 0 saturated heterocycles. The molecule has 0 radical (unpaired) electrons. The minimum absolute atomic E-state index is 0.0628. The van der Waals surface area contributed by atoms with E-state index >= 15 is 0 Å². The molecule has 0 aromatic heterocycles. The van der Waals surface area contributed by atoms with Crippen molar-refractivity contribution < 1.29 is 4.79 Å². The van der Waals surface area contributed by atoms with Gasteiger partial charge in [-0.3, -0.25) is 4.79 Å². The maximum absolute atomic E-state index is 11.7. The van der Waals surface area contributed by atoms with Crippen LogP contribution in [0.1, 0.15) is 27.7 Å². The molecule has 0 bridgehead atoms. The molecule has 1 rings (SSSR count). The van der Waals surface area contributed by atoms with Crippen molar-refractivity contribution in [3.8, 4) is 0 Å². The normalized spacial score (nSPS) is 22.9. The predicted molar refractivity (Wildman–Crippen MR) is 60.8 cm³/mol. The molecule has 1 fully saturated rings. The van der Waals surface area contributed by atoms with Gasteiger partial charge in [0.15, 0.2) is 0 Å². The van der Waals surface area contributed by atoms with E-state index in [1.807, 2.05) is 0 Å². The van der Waals surface area contributed by atoms with Crippen LogP contribution in [0, 0.1) is 16.7 Å². The molecule has 1 amide bonds. The molecule has 1 aliphatic rings. The third-order valence-corrected chi connectivity index (χ3v) is 3.86. The number of hydrogen-bond donors (Lipinski definition) is 2. The van der Waals surface area contributed by atoms with Gasteiger partial charge in [-0.25, -0.2) is 0 Å². The Bertz CT molecular complexity index is 270. The highest BCUT2D eigenvalue weighted by molar-refractivity contribution is 7.80. The van der Waals surface area contributed by atoms with Crippen LogP contribution in [0.5, 0.6) is 0 Å². The van der Waals surface area contributed by atoms with E-state index in [9.17, 15) is 4.79 Å². The Morgan fingerprint density at radius 2 is 1.79 bits per heavy atom. The third-order valence-electron chi connectivity index (χ3n) is 3.72. The summed E-state index contributed by atoms with van der Waals surface area (Å²) in [5, 5.41) is 2.75. The van der Waals surface area contributed by atoms with Crippen LogP contribution in [0.2, 0.25) is 0 Å². The standard InChI is InChI=1S/C10H18N2OS/c1-9(2)7(10(9,3)4)8(13)12-5-6(11)14/h7H,5H2,1-4H3,(H2,11,14)(H,12,13). The smallest absolute Gasteiger partial charge is 0.224 e. The van der Waals surface area contributed by atoms with Crippen LogP contribution in [-0.4, -0.2) is 17.4 Å². The fourth-order valence-corrected chi connectivity index (χ4v) is 2.20. The largest absolute Gasteiger partial charge is 0.392 e. The molecule has 0 spiro atoms. The molecule has 3 N–H and O–H groups in total. The number of nitrogens with two attached hydrogens (primary N) is 1. The first-order chi connectivity index (χ1) is 6.21. The molecule has 0 aromatic rings. The molecule has 0 unspecified atom stereocenters. The lowest BCUT2D eigenvalue weighted by molar-refractivity contribution is -0.123. The fourth-order valence-electron chi connectivity index (χ4n) is 2.13. The van der Waals surface area contributed by atoms with E-state index in [1.54, 1.807) is 0 Å². The van der Waals surface area contributed by atoms with E-state index < -0.39 is 0 Å². The Morgan fingerprint density at radius 1 is 1.36 bits per heavy atom.